The maximum Gasteiger partial charge on any atom is 0.103 e. The van der Waals surface area contributed by atoms with Gasteiger partial charge in [0.1, 0.15) is 6.07 Å². The Kier molecular flexibility index (Phi) is 3.70. The Labute approximate surface area is 94.4 Å². The Hall–Kier alpha value is -1.53. The fourth-order valence-electron chi connectivity index (χ4n) is 1.30. The lowest BCUT2D eigenvalue weighted by molar-refractivity contribution is 1.10. The zero-order valence-electron chi connectivity index (χ0n) is 8.76. The van der Waals surface area contributed by atoms with Crippen LogP contribution in [0.4, 0.5) is 5.69 Å². The quantitative estimate of drug-likeness (QED) is 0.854. The molecule has 0 saturated carbocycles. The van der Waals surface area contributed by atoms with Crippen LogP contribution in [0.15, 0.2) is 17.7 Å². The van der Waals surface area contributed by atoms with E-state index in [4.69, 9.17) is 16.9 Å². The number of nitrogens with zero attached hydrogens (tertiary/aromatic N) is 2. The van der Waals surface area contributed by atoms with Crippen molar-refractivity contribution in [2.75, 3.05) is 11.9 Å². The molecule has 1 rings (SSSR count). The molecule has 3 nitrogen and oxygen atoms in total. The molecule has 15 heavy (non-hydrogen) atoms. The highest BCUT2D eigenvalue weighted by molar-refractivity contribution is 6.29. The second kappa shape index (κ2) is 4.81. The first kappa shape index (κ1) is 11.5. The number of aromatic nitrogens is 1. The van der Waals surface area contributed by atoms with E-state index in [1.165, 1.54) is 0 Å². The molecule has 0 fully saturated rings. The Bertz CT molecular complexity index is 432. The van der Waals surface area contributed by atoms with E-state index in [1.54, 1.807) is 0 Å². The van der Waals surface area contributed by atoms with Gasteiger partial charge in [0.2, 0.25) is 0 Å². The standard InChI is InChI=1S/C11H12ClN3/c1-7(12)6-14-11-4-8(2)15-9(3)10(11)5-13/h4H,1,6H2,2-3H3,(H,14,15). The highest BCUT2D eigenvalue weighted by Crippen LogP contribution is 2.18. The van der Waals surface area contributed by atoms with Gasteiger partial charge in [-0.25, -0.2) is 0 Å². The Balaban J connectivity index is 3.05. The van der Waals surface area contributed by atoms with E-state index < -0.39 is 0 Å². The summed E-state index contributed by atoms with van der Waals surface area (Å²) in [5.74, 6) is 0. The largest absolute Gasteiger partial charge is 0.379 e. The minimum absolute atomic E-state index is 0.444. The van der Waals surface area contributed by atoms with Crippen molar-refractivity contribution in [1.82, 2.24) is 4.98 Å². The van der Waals surface area contributed by atoms with Crippen LogP contribution >= 0.6 is 11.6 Å². The molecule has 4 heteroatoms. The lowest BCUT2D eigenvalue weighted by Crippen LogP contribution is -2.05. The maximum absolute atomic E-state index is 8.97. The molecule has 1 N–H and O–H groups in total. The molecule has 0 unspecified atom stereocenters. The normalized spacial score (nSPS) is 9.47. The number of nitriles is 1. The zero-order chi connectivity index (χ0) is 11.4. The molecule has 0 atom stereocenters. The molecule has 0 aliphatic heterocycles. The van der Waals surface area contributed by atoms with Crippen LogP contribution in [-0.4, -0.2) is 11.5 Å². The molecule has 0 aliphatic rings. The highest BCUT2D eigenvalue weighted by Gasteiger charge is 2.07. The SMILES string of the molecule is C=C(Cl)CNc1cc(C)nc(C)c1C#N. The smallest absolute Gasteiger partial charge is 0.103 e. The van der Waals surface area contributed by atoms with Gasteiger partial charge in [-0.2, -0.15) is 5.26 Å². The van der Waals surface area contributed by atoms with Crippen LogP contribution in [-0.2, 0) is 0 Å². The molecule has 0 radical (unpaired) electrons. The first-order valence-electron chi connectivity index (χ1n) is 4.50. The molecule has 1 aromatic rings. The third kappa shape index (κ3) is 2.97. The summed E-state index contributed by atoms with van der Waals surface area (Å²) in [5.41, 5.74) is 2.90. The van der Waals surface area contributed by atoms with Crippen LogP contribution in [0.1, 0.15) is 17.0 Å². The zero-order valence-corrected chi connectivity index (χ0v) is 9.52. The fraction of sp³-hybridized carbons (Fsp3) is 0.273. The summed E-state index contributed by atoms with van der Waals surface area (Å²) in [6, 6.07) is 3.94. The van der Waals surface area contributed by atoms with Crippen molar-refractivity contribution in [3.05, 3.63) is 34.6 Å². The van der Waals surface area contributed by atoms with Gasteiger partial charge in [0.05, 0.1) is 23.5 Å². The number of halogens is 1. The summed E-state index contributed by atoms with van der Waals surface area (Å²) < 4.78 is 0. The van der Waals surface area contributed by atoms with Crippen molar-refractivity contribution < 1.29 is 0 Å². The first-order chi connectivity index (χ1) is 7.04. The predicted octanol–water partition coefficient (Wildman–Crippen LogP) is 2.73. The van der Waals surface area contributed by atoms with E-state index in [1.807, 2.05) is 19.9 Å². The number of hydrogen-bond donors (Lipinski definition) is 1. The van der Waals surface area contributed by atoms with Gasteiger partial charge in [0.15, 0.2) is 0 Å². The van der Waals surface area contributed by atoms with Gasteiger partial charge in [-0.15, -0.1) is 0 Å². The molecule has 1 aromatic heterocycles. The second-order valence-electron chi connectivity index (χ2n) is 3.25. The summed E-state index contributed by atoms with van der Waals surface area (Å²) in [6.45, 7) is 7.71. The first-order valence-corrected chi connectivity index (χ1v) is 4.88. The Morgan fingerprint density at radius 1 is 1.67 bits per heavy atom. The van der Waals surface area contributed by atoms with E-state index >= 15 is 0 Å². The van der Waals surface area contributed by atoms with Gasteiger partial charge in [-0.3, -0.25) is 4.98 Å². The van der Waals surface area contributed by atoms with E-state index in [2.05, 4.69) is 22.9 Å². The molecular formula is C11H12ClN3. The minimum Gasteiger partial charge on any atom is -0.379 e. The molecule has 0 aliphatic carbocycles. The fourth-order valence-corrected chi connectivity index (χ4v) is 1.37. The molecule has 1 heterocycles. The number of rotatable bonds is 3. The van der Waals surface area contributed by atoms with E-state index in [-0.39, 0.29) is 0 Å². The topological polar surface area (TPSA) is 48.7 Å². The average Bonchev–Trinajstić information content (AvgIpc) is 2.13. The molecule has 0 bridgehead atoms. The van der Waals surface area contributed by atoms with Gasteiger partial charge in [0.25, 0.3) is 0 Å². The average molecular weight is 222 g/mol. The lowest BCUT2D eigenvalue weighted by Gasteiger charge is -2.09. The summed E-state index contributed by atoms with van der Waals surface area (Å²) in [6.07, 6.45) is 0. The van der Waals surface area contributed by atoms with Crippen molar-refractivity contribution in [2.45, 2.75) is 13.8 Å². The number of anilines is 1. The molecule has 0 amide bonds. The molecule has 0 spiro atoms. The number of hydrogen-bond acceptors (Lipinski definition) is 3. The third-order valence-corrected chi connectivity index (χ3v) is 2.04. The minimum atomic E-state index is 0.444. The molecular weight excluding hydrogens is 210 g/mol. The van der Waals surface area contributed by atoms with Gasteiger partial charge in [0, 0.05) is 10.7 Å². The summed E-state index contributed by atoms with van der Waals surface area (Å²) in [4.78, 5) is 4.21. The predicted molar refractivity (Wildman–Crippen MR) is 61.9 cm³/mol. The Morgan fingerprint density at radius 3 is 2.87 bits per heavy atom. The van der Waals surface area contributed by atoms with E-state index in [0.717, 1.165) is 17.1 Å². The van der Waals surface area contributed by atoms with E-state index in [0.29, 0.717) is 17.1 Å². The third-order valence-electron chi connectivity index (χ3n) is 1.91. The van der Waals surface area contributed by atoms with Gasteiger partial charge >= 0.3 is 0 Å². The second-order valence-corrected chi connectivity index (χ2v) is 3.79. The van der Waals surface area contributed by atoms with E-state index in [9.17, 15) is 0 Å². The summed E-state index contributed by atoms with van der Waals surface area (Å²) >= 11 is 5.65. The van der Waals surface area contributed by atoms with Crippen LogP contribution in [0.2, 0.25) is 0 Å². The van der Waals surface area contributed by atoms with Gasteiger partial charge in [-0.1, -0.05) is 18.2 Å². The highest BCUT2D eigenvalue weighted by atomic mass is 35.5. The number of nitrogens with one attached hydrogen (secondary N) is 1. The van der Waals surface area contributed by atoms with Crippen LogP contribution in [0.3, 0.4) is 0 Å². The van der Waals surface area contributed by atoms with Crippen molar-refractivity contribution >= 4 is 17.3 Å². The Morgan fingerprint density at radius 2 is 2.33 bits per heavy atom. The number of aryl methyl sites for hydroxylation is 2. The van der Waals surface area contributed by atoms with Crippen LogP contribution in [0.25, 0.3) is 0 Å². The summed E-state index contributed by atoms with van der Waals surface area (Å²) in [5, 5.41) is 12.5. The van der Waals surface area contributed by atoms with Crippen LogP contribution < -0.4 is 5.32 Å². The van der Waals surface area contributed by atoms with Crippen LogP contribution in [0.5, 0.6) is 0 Å². The lowest BCUT2D eigenvalue weighted by atomic mass is 10.1. The molecule has 0 aromatic carbocycles. The van der Waals surface area contributed by atoms with Gasteiger partial charge in [-0.05, 0) is 19.9 Å². The number of pyridine rings is 1. The monoisotopic (exact) mass is 221 g/mol. The van der Waals surface area contributed by atoms with Crippen molar-refractivity contribution in [3.63, 3.8) is 0 Å². The van der Waals surface area contributed by atoms with Crippen molar-refractivity contribution in [1.29, 1.82) is 5.26 Å². The van der Waals surface area contributed by atoms with Gasteiger partial charge < -0.3 is 5.32 Å². The molecule has 0 saturated heterocycles. The summed E-state index contributed by atoms with van der Waals surface area (Å²) in [7, 11) is 0. The van der Waals surface area contributed by atoms with Crippen LogP contribution in [0, 0.1) is 25.2 Å². The molecule has 78 valence electrons. The van der Waals surface area contributed by atoms with Crippen molar-refractivity contribution in [2.24, 2.45) is 0 Å². The van der Waals surface area contributed by atoms with Crippen molar-refractivity contribution in [3.8, 4) is 6.07 Å². The maximum atomic E-state index is 8.97.